The lowest BCUT2D eigenvalue weighted by molar-refractivity contribution is 0.140. The molecule has 1 aliphatic rings. The number of ether oxygens (including phenoxy) is 2. The summed E-state index contributed by atoms with van der Waals surface area (Å²) in [5, 5.41) is 3.34. The lowest BCUT2D eigenvalue weighted by atomic mass is 9.95. The van der Waals surface area contributed by atoms with Crippen molar-refractivity contribution in [2.75, 3.05) is 27.3 Å². The summed E-state index contributed by atoms with van der Waals surface area (Å²) in [7, 11) is 3.26. The van der Waals surface area contributed by atoms with E-state index in [1.165, 1.54) is 11.1 Å². The molecule has 1 aliphatic heterocycles. The number of hydrogen-bond donors (Lipinski definition) is 2. The van der Waals surface area contributed by atoms with Crippen LogP contribution in [0.3, 0.4) is 0 Å². The maximum atomic E-state index is 6.17. The number of guanidine groups is 1. The Labute approximate surface area is 203 Å². The number of hydrogen-bond acceptors (Lipinski definition) is 4. The van der Waals surface area contributed by atoms with E-state index in [1.807, 2.05) is 18.2 Å². The van der Waals surface area contributed by atoms with Crippen LogP contribution in [0.1, 0.15) is 30.5 Å². The van der Waals surface area contributed by atoms with Crippen molar-refractivity contribution in [3.8, 4) is 11.5 Å². The zero-order chi connectivity index (χ0) is 21.5. The third-order valence-corrected chi connectivity index (χ3v) is 5.77. The topological polar surface area (TPSA) is 72.1 Å². The number of methoxy groups -OCH3 is 2. The van der Waals surface area contributed by atoms with Crippen LogP contribution in [0.4, 0.5) is 0 Å². The fourth-order valence-electron chi connectivity index (χ4n) is 4.01. The number of nitrogens with zero attached hydrogens (tertiary/aromatic N) is 2. The highest BCUT2D eigenvalue weighted by molar-refractivity contribution is 14.0. The van der Waals surface area contributed by atoms with E-state index >= 15 is 0 Å². The van der Waals surface area contributed by atoms with Gasteiger partial charge < -0.3 is 20.5 Å². The molecule has 2 aromatic rings. The van der Waals surface area contributed by atoms with Crippen molar-refractivity contribution in [2.45, 2.75) is 39.4 Å². The van der Waals surface area contributed by atoms with Gasteiger partial charge in [-0.2, -0.15) is 0 Å². The van der Waals surface area contributed by atoms with E-state index in [2.05, 4.69) is 53.3 Å². The number of rotatable bonds is 8. The summed E-state index contributed by atoms with van der Waals surface area (Å²) in [6.45, 7) is 7.87. The predicted molar refractivity (Wildman–Crippen MR) is 137 cm³/mol. The second-order valence-corrected chi connectivity index (χ2v) is 8.07. The summed E-state index contributed by atoms with van der Waals surface area (Å²) >= 11 is 0. The number of halogens is 1. The van der Waals surface area contributed by atoms with Crippen LogP contribution in [-0.2, 0) is 19.5 Å². The monoisotopic (exact) mass is 538 g/mol. The highest BCUT2D eigenvalue weighted by atomic mass is 127. The molecule has 1 unspecified atom stereocenters. The number of nitrogens with one attached hydrogen (secondary N) is 1. The number of aliphatic imine (C=N–C) groups is 1. The van der Waals surface area contributed by atoms with Crippen molar-refractivity contribution in [3.05, 3.63) is 59.2 Å². The minimum atomic E-state index is 0. The molecule has 0 saturated heterocycles. The Morgan fingerprint density at radius 3 is 2.48 bits per heavy atom. The molecular formula is C24H35IN4O2. The molecule has 170 valence electrons. The third kappa shape index (κ3) is 6.74. The Morgan fingerprint density at radius 1 is 1.10 bits per heavy atom. The van der Waals surface area contributed by atoms with E-state index in [9.17, 15) is 0 Å². The van der Waals surface area contributed by atoms with Crippen LogP contribution in [0.25, 0.3) is 0 Å². The first-order chi connectivity index (χ1) is 14.5. The van der Waals surface area contributed by atoms with Crippen LogP contribution in [0, 0.1) is 5.92 Å². The number of nitrogens with two attached hydrogens (primary N) is 1. The fraction of sp³-hybridized carbons (Fsp3) is 0.458. The average molecular weight is 538 g/mol. The van der Waals surface area contributed by atoms with E-state index < -0.39 is 0 Å². The first-order valence-electron chi connectivity index (χ1n) is 10.6. The maximum Gasteiger partial charge on any atom is 0.188 e. The van der Waals surface area contributed by atoms with E-state index in [4.69, 9.17) is 15.2 Å². The Bertz CT molecular complexity index is 872. The molecule has 0 bridgehead atoms. The minimum absolute atomic E-state index is 0. The van der Waals surface area contributed by atoms with Gasteiger partial charge in [-0.25, -0.2) is 4.99 Å². The van der Waals surface area contributed by atoms with E-state index in [1.54, 1.807) is 14.2 Å². The van der Waals surface area contributed by atoms with Crippen molar-refractivity contribution in [1.29, 1.82) is 0 Å². The Kier molecular flexibility index (Phi) is 9.90. The largest absolute Gasteiger partial charge is 0.493 e. The zero-order valence-electron chi connectivity index (χ0n) is 18.9. The maximum absolute atomic E-state index is 6.17. The molecule has 0 spiro atoms. The van der Waals surface area contributed by atoms with Crippen molar-refractivity contribution in [2.24, 2.45) is 16.6 Å². The number of fused-ring (bicyclic) bond motifs is 1. The third-order valence-electron chi connectivity index (χ3n) is 5.77. The van der Waals surface area contributed by atoms with Gasteiger partial charge in [-0.3, -0.25) is 4.90 Å². The van der Waals surface area contributed by atoms with Crippen molar-refractivity contribution in [1.82, 2.24) is 10.2 Å². The summed E-state index contributed by atoms with van der Waals surface area (Å²) in [5.74, 6) is 2.38. The minimum Gasteiger partial charge on any atom is -0.493 e. The number of benzene rings is 2. The van der Waals surface area contributed by atoms with E-state index in [-0.39, 0.29) is 24.0 Å². The molecule has 0 radical (unpaired) electrons. The first-order valence-corrected chi connectivity index (χ1v) is 10.6. The van der Waals surface area contributed by atoms with Gasteiger partial charge in [-0.1, -0.05) is 44.2 Å². The van der Waals surface area contributed by atoms with Crippen LogP contribution < -0.4 is 20.5 Å². The molecule has 1 atom stereocenters. The van der Waals surface area contributed by atoms with Gasteiger partial charge in [0.25, 0.3) is 0 Å². The fourth-order valence-corrected chi connectivity index (χ4v) is 4.01. The van der Waals surface area contributed by atoms with Gasteiger partial charge in [0.15, 0.2) is 17.5 Å². The molecule has 7 heteroatoms. The molecular weight excluding hydrogens is 503 g/mol. The van der Waals surface area contributed by atoms with Gasteiger partial charge in [0.05, 0.1) is 20.8 Å². The first kappa shape index (κ1) is 25.3. The molecule has 0 saturated carbocycles. The average Bonchev–Trinajstić information content (AvgIpc) is 2.77. The van der Waals surface area contributed by atoms with Crippen LogP contribution in [0.15, 0.2) is 47.5 Å². The van der Waals surface area contributed by atoms with Crippen LogP contribution >= 0.6 is 24.0 Å². The molecule has 0 fully saturated rings. The van der Waals surface area contributed by atoms with Gasteiger partial charge in [0.2, 0.25) is 0 Å². The summed E-state index contributed by atoms with van der Waals surface area (Å²) in [6.07, 6.45) is 1.10. The molecule has 2 aromatic carbocycles. The van der Waals surface area contributed by atoms with Crippen molar-refractivity contribution in [3.63, 3.8) is 0 Å². The van der Waals surface area contributed by atoms with Crippen molar-refractivity contribution >= 4 is 29.9 Å². The second kappa shape index (κ2) is 12.1. The second-order valence-electron chi connectivity index (χ2n) is 8.07. The quantitative estimate of drug-likeness (QED) is 0.304. The van der Waals surface area contributed by atoms with Gasteiger partial charge in [-0.05, 0) is 41.2 Å². The molecule has 31 heavy (non-hydrogen) atoms. The molecule has 1 heterocycles. The van der Waals surface area contributed by atoms with Gasteiger partial charge in [0.1, 0.15) is 0 Å². The highest BCUT2D eigenvalue weighted by Crippen LogP contribution is 2.27. The standard InChI is InChI=1S/C24H34N4O2.HI/c1-17(2)21(28-12-11-19-7-5-6-8-20(19)16-28)15-27-24(25)26-14-18-9-10-22(29-3)23(13-18)30-4;/h5-10,13,17,21H,11-12,14-16H2,1-4H3,(H3,25,26,27);1H. The molecule has 6 nitrogen and oxygen atoms in total. The summed E-state index contributed by atoms with van der Waals surface area (Å²) in [6, 6.07) is 14.9. The molecule has 0 aromatic heterocycles. The van der Waals surface area contributed by atoms with Gasteiger partial charge in [-0.15, -0.1) is 24.0 Å². The summed E-state index contributed by atoms with van der Waals surface area (Å²) in [5.41, 5.74) is 10.1. The molecule has 3 rings (SSSR count). The van der Waals surface area contributed by atoms with Crippen molar-refractivity contribution < 1.29 is 9.47 Å². The lowest BCUT2D eigenvalue weighted by Gasteiger charge is -2.38. The van der Waals surface area contributed by atoms with E-state index in [0.29, 0.717) is 36.0 Å². The normalized spacial score (nSPS) is 15.1. The smallest absolute Gasteiger partial charge is 0.188 e. The van der Waals surface area contributed by atoms with Crippen LogP contribution in [-0.4, -0.2) is 44.2 Å². The Balaban J connectivity index is 0.00000341. The van der Waals surface area contributed by atoms with E-state index in [0.717, 1.165) is 31.6 Å². The van der Waals surface area contributed by atoms with Gasteiger partial charge >= 0.3 is 0 Å². The lowest BCUT2D eigenvalue weighted by Crippen LogP contribution is -2.49. The molecule has 0 aliphatic carbocycles. The Hall–Kier alpha value is -2.00. The van der Waals surface area contributed by atoms with Crippen LogP contribution in [0.2, 0.25) is 0 Å². The van der Waals surface area contributed by atoms with Crippen LogP contribution in [0.5, 0.6) is 11.5 Å². The zero-order valence-corrected chi connectivity index (χ0v) is 21.3. The Morgan fingerprint density at radius 2 is 1.81 bits per heavy atom. The summed E-state index contributed by atoms with van der Waals surface area (Å²) < 4.78 is 10.6. The highest BCUT2D eigenvalue weighted by Gasteiger charge is 2.25. The summed E-state index contributed by atoms with van der Waals surface area (Å²) in [4.78, 5) is 7.06. The molecule has 3 N–H and O–H groups in total. The molecule has 0 amide bonds. The predicted octanol–water partition coefficient (Wildman–Crippen LogP) is 3.81. The van der Waals surface area contributed by atoms with Gasteiger partial charge in [0, 0.05) is 25.7 Å². The SMILES string of the molecule is COc1ccc(CN=C(N)NCC(C(C)C)N2CCc3ccccc3C2)cc1OC.I.